The summed E-state index contributed by atoms with van der Waals surface area (Å²) in [6.07, 6.45) is 4.14. The molecule has 1 saturated heterocycles. The second-order valence-electron chi connectivity index (χ2n) is 5.74. The number of hydrogen-bond donors (Lipinski definition) is 2. The largest absolute Gasteiger partial charge is 0.355 e. The first-order valence-corrected chi connectivity index (χ1v) is 8.47. The molecule has 0 radical (unpaired) electrons. The Morgan fingerprint density at radius 3 is 3.09 bits per heavy atom. The Balaban J connectivity index is 0.00000121. The number of fused-ring (bicyclic) bond motifs is 1. The number of carbonyl (C=O) groups excluding carboxylic acids is 1. The lowest BCUT2D eigenvalue weighted by Crippen LogP contribution is -2.39. The van der Waals surface area contributed by atoms with Crippen LogP contribution in [0, 0.1) is 0 Å². The predicted octanol–water partition coefficient (Wildman–Crippen LogP) is 2.21. The molecule has 1 atom stereocenters. The van der Waals surface area contributed by atoms with Crippen LogP contribution in [0.1, 0.15) is 29.7 Å². The normalized spacial score (nSPS) is 20.6. The molecule has 2 N–H and O–H groups in total. The molecule has 7 heteroatoms. The summed E-state index contributed by atoms with van der Waals surface area (Å²) in [6.45, 7) is 4.95. The summed E-state index contributed by atoms with van der Waals surface area (Å²) in [5.74, 6) is 0.192. The maximum atomic E-state index is 11.8. The van der Waals surface area contributed by atoms with E-state index in [0.29, 0.717) is 12.5 Å². The summed E-state index contributed by atoms with van der Waals surface area (Å²) in [6, 6.07) is 2.63. The number of nitrogens with one attached hydrogen (secondary N) is 2. The fourth-order valence-corrected chi connectivity index (χ4v) is 3.97. The Morgan fingerprint density at radius 1 is 1.45 bits per heavy atom. The van der Waals surface area contributed by atoms with Gasteiger partial charge in [0.2, 0.25) is 5.91 Å². The van der Waals surface area contributed by atoms with E-state index in [0.717, 1.165) is 45.6 Å². The number of carbonyl (C=O) groups is 1. The van der Waals surface area contributed by atoms with Crippen molar-refractivity contribution in [2.75, 3.05) is 26.2 Å². The molecule has 126 valence electrons. The molecule has 1 amide bonds. The molecule has 3 rings (SSSR count). The highest BCUT2D eigenvalue weighted by Crippen LogP contribution is 2.23. The minimum atomic E-state index is 0. The zero-order chi connectivity index (χ0) is 13.8. The lowest BCUT2D eigenvalue weighted by atomic mass is 10.1. The third-order valence-electron chi connectivity index (χ3n) is 4.23. The topological polar surface area (TPSA) is 44.4 Å². The van der Waals surface area contributed by atoms with Crippen LogP contribution in [0.3, 0.4) is 0 Å². The molecule has 1 unspecified atom stereocenters. The van der Waals surface area contributed by atoms with Crippen molar-refractivity contribution >= 4 is 42.1 Å². The second kappa shape index (κ2) is 9.73. The van der Waals surface area contributed by atoms with Gasteiger partial charge in [0.25, 0.3) is 0 Å². The van der Waals surface area contributed by atoms with Gasteiger partial charge in [-0.3, -0.25) is 9.69 Å². The van der Waals surface area contributed by atoms with Crippen molar-refractivity contribution in [2.45, 2.75) is 38.3 Å². The Morgan fingerprint density at radius 2 is 2.32 bits per heavy atom. The highest BCUT2D eigenvalue weighted by molar-refractivity contribution is 7.10. The van der Waals surface area contributed by atoms with Crippen LogP contribution in [-0.4, -0.2) is 43.0 Å². The van der Waals surface area contributed by atoms with Crippen molar-refractivity contribution in [3.8, 4) is 0 Å². The molecule has 1 fully saturated rings. The molecular formula is C15H25Cl2N3OS. The Kier molecular flexibility index (Phi) is 8.72. The fraction of sp³-hybridized carbons (Fsp3) is 0.667. The van der Waals surface area contributed by atoms with Gasteiger partial charge in [0.15, 0.2) is 0 Å². The zero-order valence-electron chi connectivity index (χ0n) is 12.7. The van der Waals surface area contributed by atoms with Crippen LogP contribution in [0.4, 0.5) is 0 Å². The molecule has 4 nitrogen and oxygen atoms in total. The van der Waals surface area contributed by atoms with Gasteiger partial charge >= 0.3 is 0 Å². The summed E-state index contributed by atoms with van der Waals surface area (Å²) >= 11 is 1.87. The molecule has 0 aliphatic carbocycles. The average molecular weight is 366 g/mol. The third-order valence-corrected chi connectivity index (χ3v) is 5.25. The average Bonchev–Trinajstić information content (AvgIpc) is 3.09. The Bertz CT molecular complexity index is 463. The van der Waals surface area contributed by atoms with Crippen LogP contribution < -0.4 is 10.6 Å². The first kappa shape index (κ1) is 19.7. The molecule has 0 spiro atoms. The smallest absolute Gasteiger partial charge is 0.221 e. The SMILES string of the molecule is Cl.Cl.O=C(CC1CCCN1)NCCN1CCc2sccc2C1. The quantitative estimate of drug-likeness (QED) is 0.840. The first-order valence-electron chi connectivity index (χ1n) is 7.59. The molecule has 0 aromatic carbocycles. The summed E-state index contributed by atoms with van der Waals surface area (Å²) in [5, 5.41) is 8.61. The first-order chi connectivity index (χ1) is 9.81. The van der Waals surface area contributed by atoms with Crippen LogP contribution in [0.25, 0.3) is 0 Å². The van der Waals surface area contributed by atoms with Crippen LogP contribution in [0.15, 0.2) is 11.4 Å². The van der Waals surface area contributed by atoms with Crippen molar-refractivity contribution in [3.05, 3.63) is 21.9 Å². The lowest BCUT2D eigenvalue weighted by molar-refractivity contribution is -0.121. The minimum Gasteiger partial charge on any atom is -0.355 e. The maximum Gasteiger partial charge on any atom is 0.221 e. The van der Waals surface area contributed by atoms with Gasteiger partial charge in [-0.2, -0.15) is 0 Å². The molecule has 1 aromatic rings. The van der Waals surface area contributed by atoms with Gasteiger partial charge in [-0.15, -0.1) is 36.2 Å². The second-order valence-corrected chi connectivity index (χ2v) is 6.74. The van der Waals surface area contributed by atoms with Gasteiger partial charge in [0, 0.05) is 43.5 Å². The van der Waals surface area contributed by atoms with Crippen LogP contribution >= 0.6 is 36.2 Å². The number of amides is 1. The molecule has 3 heterocycles. The summed E-state index contributed by atoms with van der Waals surface area (Å²) in [5.41, 5.74) is 1.47. The molecule has 0 saturated carbocycles. The van der Waals surface area contributed by atoms with Crippen molar-refractivity contribution < 1.29 is 4.79 Å². The van der Waals surface area contributed by atoms with Crippen molar-refractivity contribution in [1.29, 1.82) is 0 Å². The highest BCUT2D eigenvalue weighted by Gasteiger charge is 2.19. The van der Waals surface area contributed by atoms with Gasteiger partial charge in [0.1, 0.15) is 0 Å². The standard InChI is InChI=1S/C15H23N3OS.2ClH/c19-15(10-13-2-1-5-16-13)17-6-8-18-7-3-14-12(11-18)4-9-20-14;;/h4,9,13,16H,1-3,5-8,10-11H2,(H,17,19);2*1H. The number of thiophene rings is 1. The summed E-state index contributed by atoms with van der Waals surface area (Å²) < 4.78 is 0. The van der Waals surface area contributed by atoms with Gasteiger partial charge in [-0.1, -0.05) is 0 Å². The molecule has 0 bridgehead atoms. The highest BCUT2D eigenvalue weighted by atomic mass is 35.5. The lowest BCUT2D eigenvalue weighted by Gasteiger charge is -2.26. The van der Waals surface area contributed by atoms with Gasteiger partial charge in [-0.05, 0) is 42.8 Å². The minimum absolute atomic E-state index is 0. The van der Waals surface area contributed by atoms with Crippen molar-refractivity contribution in [2.24, 2.45) is 0 Å². The number of nitrogens with zero attached hydrogens (tertiary/aromatic N) is 1. The monoisotopic (exact) mass is 365 g/mol. The van der Waals surface area contributed by atoms with E-state index < -0.39 is 0 Å². The molecular weight excluding hydrogens is 341 g/mol. The van der Waals surface area contributed by atoms with E-state index in [1.165, 1.54) is 16.9 Å². The van der Waals surface area contributed by atoms with Gasteiger partial charge < -0.3 is 10.6 Å². The number of rotatable bonds is 5. The molecule has 22 heavy (non-hydrogen) atoms. The summed E-state index contributed by atoms with van der Waals surface area (Å²) in [7, 11) is 0. The van der Waals surface area contributed by atoms with E-state index in [2.05, 4.69) is 27.0 Å². The maximum absolute atomic E-state index is 11.8. The van der Waals surface area contributed by atoms with E-state index in [-0.39, 0.29) is 30.7 Å². The molecule has 1 aromatic heterocycles. The van der Waals surface area contributed by atoms with Crippen LogP contribution in [-0.2, 0) is 17.8 Å². The Hall–Kier alpha value is -0.330. The number of halogens is 2. The van der Waals surface area contributed by atoms with Crippen LogP contribution in [0.2, 0.25) is 0 Å². The van der Waals surface area contributed by atoms with E-state index in [1.807, 2.05) is 11.3 Å². The van der Waals surface area contributed by atoms with E-state index >= 15 is 0 Å². The van der Waals surface area contributed by atoms with Gasteiger partial charge in [0.05, 0.1) is 0 Å². The van der Waals surface area contributed by atoms with E-state index in [1.54, 1.807) is 0 Å². The van der Waals surface area contributed by atoms with Gasteiger partial charge in [-0.25, -0.2) is 0 Å². The van der Waals surface area contributed by atoms with E-state index in [9.17, 15) is 4.79 Å². The molecule has 2 aliphatic heterocycles. The van der Waals surface area contributed by atoms with Crippen molar-refractivity contribution in [1.82, 2.24) is 15.5 Å². The van der Waals surface area contributed by atoms with Crippen molar-refractivity contribution in [3.63, 3.8) is 0 Å². The Labute approximate surface area is 148 Å². The van der Waals surface area contributed by atoms with Crippen LogP contribution in [0.5, 0.6) is 0 Å². The molecule has 2 aliphatic rings. The fourth-order valence-electron chi connectivity index (χ4n) is 3.08. The number of hydrogen-bond acceptors (Lipinski definition) is 4. The predicted molar refractivity (Wildman–Crippen MR) is 96.4 cm³/mol. The third kappa shape index (κ3) is 5.39. The summed E-state index contributed by atoms with van der Waals surface area (Å²) in [4.78, 5) is 15.8. The van der Waals surface area contributed by atoms with E-state index in [4.69, 9.17) is 0 Å². The zero-order valence-corrected chi connectivity index (χ0v) is 15.1.